The molecule has 2 heterocycles. The van der Waals surface area contributed by atoms with Gasteiger partial charge < -0.3 is 4.90 Å². The molecule has 0 aliphatic carbocycles. The van der Waals surface area contributed by atoms with Crippen LogP contribution in [0.1, 0.15) is 32.6 Å². The molecule has 0 saturated heterocycles. The van der Waals surface area contributed by atoms with Gasteiger partial charge in [-0.3, -0.25) is 4.79 Å². The molecule has 202 valence electrons. The maximum absolute atomic E-state index is 13.5. The quantitative estimate of drug-likeness (QED) is 0.225. The summed E-state index contributed by atoms with van der Waals surface area (Å²) in [6.07, 6.45) is -6.97. The Morgan fingerprint density at radius 1 is 0.821 bits per heavy atom. The lowest BCUT2D eigenvalue weighted by Crippen LogP contribution is -2.27. The number of alkyl halides is 6. The summed E-state index contributed by atoms with van der Waals surface area (Å²) in [6.45, 7) is 1.38. The van der Waals surface area contributed by atoms with Crippen LogP contribution in [0, 0.1) is 6.92 Å². The summed E-state index contributed by atoms with van der Waals surface area (Å²) >= 11 is 1.28. The summed E-state index contributed by atoms with van der Waals surface area (Å²) in [6, 6.07) is 15.7. The van der Waals surface area contributed by atoms with Crippen LogP contribution in [0.3, 0.4) is 0 Å². The van der Waals surface area contributed by atoms with Gasteiger partial charge in [-0.05, 0) is 65.6 Å². The Hall–Kier alpha value is -3.86. The summed E-state index contributed by atoms with van der Waals surface area (Å²) in [5.41, 5.74) is -0.906. The number of nitrogens with zero attached hydrogens (tertiary/aromatic N) is 3. The van der Waals surface area contributed by atoms with Crippen LogP contribution in [-0.4, -0.2) is 27.8 Å². The van der Waals surface area contributed by atoms with E-state index in [0.717, 1.165) is 16.0 Å². The van der Waals surface area contributed by atoms with Crippen LogP contribution in [0.5, 0.6) is 0 Å². The summed E-state index contributed by atoms with van der Waals surface area (Å²) in [7, 11) is 1.31. The number of rotatable bonds is 6. The highest BCUT2D eigenvalue weighted by atomic mass is 32.2. The number of carbonyl (C=O) groups is 1. The third-order valence-electron chi connectivity index (χ3n) is 5.81. The minimum atomic E-state index is -4.98. The van der Waals surface area contributed by atoms with Crippen LogP contribution in [0.15, 0.2) is 89.2 Å². The van der Waals surface area contributed by atoms with Crippen molar-refractivity contribution in [2.45, 2.75) is 35.9 Å². The Kier molecular flexibility index (Phi) is 8.01. The molecule has 0 N–H and O–H groups in total. The first kappa shape index (κ1) is 28.2. The molecule has 0 spiro atoms. The van der Waals surface area contributed by atoms with E-state index in [-0.39, 0.29) is 17.2 Å². The fraction of sp³-hybridized carbons (Fsp3) is 0.179. The molecule has 0 bridgehead atoms. The van der Waals surface area contributed by atoms with Gasteiger partial charge in [0.1, 0.15) is 10.1 Å². The highest BCUT2D eigenvalue weighted by molar-refractivity contribution is 7.99. The largest absolute Gasteiger partial charge is 0.416 e. The van der Waals surface area contributed by atoms with Crippen LogP contribution < -0.4 is 0 Å². The van der Waals surface area contributed by atoms with Crippen LogP contribution in [-0.2, 0) is 18.9 Å². The van der Waals surface area contributed by atoms with E-state index in [1.54, 1.807) is 30.5 Å². The van der Waals surface area contributed by atoms with Crippen LogP contribution in [0.2, 0.25) is 0 Å². The average Bonchev–Trinajstić information content (AvgIpc) is 2.88. The molecule has 0 atom stereocenters. The molecule has 39 heavy (non-hydrogen) atoms. The van der Waals surface area contributed by atoms with Crippen molar-refractivity contribution >= 4 is 17.7 Å². The topological polar surface area (TPSA) is 46.1 Å². The van der Waals surface area contributed by atoms with Crippen molar-refractivity contribution in [3.63, 3.8) is 0 Å². The molecule has 1 amide bonds. The van der Waals surface area contributed by atoms with Crippen LogP contribution >= 0.6 is 11.8 Å². The zero-order valence-corrected chi connectivity index (χ0v) is 21.5. The van der Waals surface area contributed by atoms with E-state index in [1.807, 2.05) is 31.2 Å². The van der Waals surface area contributed by atoms with E-state index in [1.165, 1.54) is 25.0 Å². The van der Waals surface area contributed by atoms with E-state index in [0.29, 0.717) is 27.7 Å². The number of benzene rings is 2. The van der Waals surface area contributed by atoms with Crippen molar-refractivity contribution in [3.05, 3.63) is 107 Å². The first-order chi connectivity index (χ1) is 18.3. The molecule has 0 radical (unpaired) electrons. The second kappa shape index (κ2) is 11.1. The van der Waals surface area contributed by atoms with E-state index >= 15 is 0 Å². The number of halogens is 6. The average molecular weight is 562 g/mol. The zero-order chi connectivity index (χ0) is 28.4. The molecule has 0 aliphatic heterocycles. The predicted molar refractivity (Wildman–Crippen MR) is 135 cm³/mol. The van der Waals surface area contributed by atoms with Gasteiger partial charge in [-0.25, -0.2) is 9.97 Å². The molecular formula is C28H21F6N3OS. The van der Waals surface area contributed by atoms with Gasteiger partial charge in [-0.1, -0.05) is 42.1 Å². The minimum Gasteiger partial charge on any atom is -0.337 e. The molecule has 4 aromatic rings. The third kappa shape index (κ3) is 6.78. The van der Waals surface area contributed by atoms with Gasteiger partial charge >= 0.3 is 12.4 Å². The first-order valence-electron chi connectivity index (χ1n) is 11.5. The first-order valence-corrected chi connectivity index (χ1v) is 12.3. The van der Waals surface area contributed by atoms with Gasteiger partial charge in [0.25, 0.3) is 5.91 Å². The Morgan fingerprint density at radius 2 is 1.46 bits per heavy atom. The highest BCUT2D eigenvalue weighted by Gasteiger charge is 2.37. The Bertz CT molecular complexity index is 1460. The standard InChI is InChI=1S/C28H21F6N3OS/c1-17-7-3-4-8-21(17)22-14-25(39-24-9-5-6-10-35-24)36-15-23(22)26(38)37(2)16-18-11-19(27(29,30)31)13-20(12-18)28(32,33)34/h3-15H,16H2,1-2H3. The van der Waals surface area contributed by atoms with Crippen LogP contribution in [0.25, 0.3) is 11.1 Å². The maximum atomic E-state index is 13.5. The van der Waals surface area contributed by atoms with Crippen molar-refractivity contribution < 1.29 is 31.1 Å². The van der Waals surface area contributed by atoms with E-state index in [4.69, 9.17) is 0 Å². The van der Waals surface area contributed by atoms with E-state index in [9.17, 15) is 31.1 Å². The molecule has 0 fully saturated rings. The second-order valence-electron chi connectivity index (χ2n) is 8.73. The van der Waals surface area contributed by atoms with E-state index in [2.05, 4.69) is 9.97 Å². The molecule has 2 aromatic carbocycles. The highest BCUT2D eigenvalue weighted by Crippen LogP contribution is 2.37. The number of pyridine rings is 2. The smallest absolute Gasteiger partial charge is 0.337 e. The molecular weight excluding hydrogens is 540 g/mol. The Morgan fingerprint density at radius 3 is 2.05 bits per heavy atom. The number of carbonyl (C=O) groups excluding carboxylic acids is 1. The SMILES string of the molecule is Cc1ccccc1-c1cc(Sc2ccccn2)ncc1C(=O)N(C)Cc1cc(C(F)(F)F)cc(C(F)(F)F)c1. The summed E-state index contributed by atoms with van der Waals surface area (Å²) in [5.74, 6) is -0.610. The van der Waals surface area contributed by atoms with Gasteiger partial charge in [0.15, 0.2) is 0 Å². The van der Waals surface area contributed by atoms with E-state index < -0.39 is 35.9 Å². The number of hydrogen-bond acceptors (Lipinski definition) is 4. The Labute approximate surface area is 224 Å². The predicted octanol–water partition coefficient (Wildman–Crippen LogP) is 7.91. The number of aromatic nitrogens is 2. The summed E-state index contributed by atoms with van der Waals surface area (Å²) in [5, 5.41) is 1.24. The molecule has 0 saturated carbocycles. The number of hydrogen-bond donors (Lipinski definition) is 0. The van der Waals surface area contributed by atoms with Gasteiger partial charge in [-0.15, -0.1) is 0 Å². The van der Waals surface area contributed by atoms with Crippen molar-refractivity contribution in [2.24, 2.45) is 0 Å². The fourth-order valence-electron chi connectivity index (χ4n) is 3.94. The monoisotopic (exact) mass is 561 g/mol. The third-order valence-corrected chi connectivity index (χ3v) is 6.69. The molecule has 4 nitrogen and oxygen atoms in total. The van der Waals surface area contributed by atoms with Crippen LogP contribution in [0.4, 0.5) is 26.3 Å². The number of aryl methyl sites for hydroxylation is 1. The second-order valence-corrected chi connectivity index (χ2v) is 9.77. The lowest BCUT2D eigenvalue weighted by atomic mass is 9.97. The molecule has 0 unspecified atom stereocenters. The van der Waals surface area contributed by atoms with Gasteiger partial charge in [-0.2, -0.15) is 26.3 Å². The lowest BCUT2D eigenvalue weighted by Gasteiger charge is -2.21. The Balaban J connectivity index is 1.71. The molecule has 2 aromatic heterocycles. The van der Waals surface area contributed by atoms with Crippen molar-refractivity contribution in [2.75, 3.05) is 7.05 Å². The molecule has 4 rings (SSSR count). The zero-order valence-electron chi connectivity index (χ0n) is 20.6. The van der Waals surface area contributed by atoms with Crippen molar-refractivity contribution in [1.29, 1.82) is 0 Å². The van der Waals surface area contributed by atoms with Crippen molar-refractivity contribution in [3.8, 4) is 11.1 Å². The van der Waals surface area contributed by atoms with Gasteiger partial charge in [0.2, 0.25) is 0 Å². The summed E-state index contributed by atoms with van der Waals surface area (Å²) < 4.78 is 79.8. The maximum Gasteiger partial charge on any atom is 0.416 e. The number of amides is 1. The van der Waals surface area contributed by atoms with Gasteiger partial charge in [0, 0.05) is 26.0 Å². The minimum absolute atomic E-state index is 0.0590. The lowest BCUT2D eigenvalue weighted by molar-refractivity contribution is -0.143. The molecule has 0 aliphatic rings. The fourth-order valence-corrected chi connectivity index (χ4v) is 4.69. The summed E-state index contributed by atoms with van der Waals surface area (Å²) in [4.78, 5) is 23.2. The van der Waals surface area contributed by atoms with Crippen molar-refractivity contribution in [1.82, 2.24) is 14.9 Å². The molecule has 11 heteroatoms. The normalized spacial score (nSPS) is 11.9. The van der Waals surface area contributed by atoms with Gasteiger partial charge in [0.05, 0.1) is 16.7 Å².